The Balaban J connectivity index is 1.72. The molecule has 0 bridgehead atoms. The monoisotopic (exact) mass is 483 g/mol. The van der Waals surface area contributed by atoms with Crippen molar-refractivity contribution in [3.8, 4) is 17.6 Å². The van der Waals surface area contributed by atoms with Gasteiger partial charge in [0.25, 0.3) is 5.91 Å². The summed E-state index contributed by atoms with van der Waals surface area (Å²) in [5, 5.41) is 9.38. The van der Waals surface area contributed by atoms with E-state index in [1.54, 1.807) is 36.7 Å². The SMILES string of the molecule is CC#CCOc1ccc(S(=O)(=O)N2Cc3ccccc3N(C(=O)C3CC3)CC2C(=O)NO)cc1. The summed E-state index contributed by atoms with van der Waals surface area (Å²) in [4.78, 5) is 27.1. The molecule has 2 N–H and O–H groups in total. The number of benzene rings is 2. The van der Waals surface area contributed by atoms with E-state index >= 15 is 0 Å². The smallest absolute Gasteiger partial charge is 0.263 e. The van der Waals surface area contributed by atoms with E-state index in [2.05, 4.69) is 11.8 Å². The second-order valence-electron chi connectivity index (χ2n) is 8.08. The molecule has 2 aromatic carbocycles. The minimum atomic E-state index is -4.19. The summed E-state index contributed by atoms with van der Waals surface area (Å²) in [6, 6.07) is 11.5. The number of amides is 2. The van der Waals surface area contributed by atoms with E-state index in [4.69, 9.17) is 4.74 Å². The predicted octanol–water partition coefficient (Wildman–Crippen LogP) is 1.91. The summed E-state index contributed by atoms with van der Waals surface area (Å²) in [6.07, 6.45) is 1.52. The number of nitrogens with one attached hydrogen (secondary N) is 1. The van der Waals surface area contributed by atoms with Crippen molar-refractivity contribution in [3.05, 3.63) is 54.1 Å². The van der Waals surface area contributed by atoms with E-state index < -0.39 is 22.0 Å². The van der Waals surface area contributed by atoms with Crippen molar-refractivity contribution < 1.29 is 28.0 Å². The molecular formula is C24H25N3O6S. The first-order chi connectivity index (χ1) is 16.4. The number of anilines is 1. The first-order valence-electron chi connectivity index (χ1n) is 10.8. The molecule has 1 saturated carbocycles. The number of hydrogen-bond acceptors (Lipinski definition) is 6. The highest BCUT2D eigenvalue weighted by molar-refractivity contribution is 7.89. The van der Waals surface area contributed by atoms with Gasteiger partial charge in [-0.05, 0) is 55.7 Å². The van der Waals surface area contributed by atoms with Crippen LogP contribution in [0.2, 0.25) is 0 Å². The largest absolute Gasteiger partial charge is 0.481 e. The average molecular weight is 484 g/mol. The second-order valence-corrected chi connectivity index (χ2v) is 9.97. The topological polar surface area (TPSA) is 116 Å². The summed E-state index contributed by atoms with van der Waals surface area (Å²) in [6.45, 7) is 1.51. The molecule has 4 rings (SSSR count). The Morgan fingerprint density at radius 1 is 1.15 bits per heavy atom. The van der Waals surface area contributed by atoms with Crippen LogP contribution in [-0.2, 0) is 26.2 Å². The van der Waals surface area contributed by atoms with E-state index in [-0.39, 0.29) is 36.4 Å². The summed E-state index contributed by atoms with van der Waals surface area (Å²) in [7, 11) is -4.19. The van der Waals surface area contributed by atoms with Crippen LogP contribution < -0.4 is 15.1 Å². The summed E-state index contributed by atoms with van der Waals surface area (Å²) in [5.74, 6) is 4.72. The van der Waals surface area contributed by atoms with Crippen molar-refractivity contribution in [2.45, 2.75) is 37.2 Å². The van der Waals surface area contributed by atoms with Crippen LogP contribution in [0, 0.1) is 17.8 Å². The zero-order valence-electron chi connectivity index (χ0n) is 18.6. The molecule has 1 atom stereocenters. The summed E-state index contributed by atoms with van der Waals surface area (Å²) < 4.78 is 33.8. The number of hydrogen-bond donors (Lipinski definition) is 2. The van der Waals surface area contributed by atoms with Crippen LogP contribution in [-0.4, -0.2) is 48.9 Å². The minimum Gasteiger partial charge on any atom is -0.481 e. The Bertz CT molecular complexity index is 1250. The molecule has 1 fully saturated rings. The lowest BCUT2D eigenvalue weighted by Gasteiger charge is -2.29. The number of carbonyl (C=O) groups is 2. The number of hydroxylamine groups is 1. The second kappa shape index (κ2) is 9.85. The molecule has 0 radical (unpaired) electrons. The highest BCUT2D eigenvalue weighted by Crippen LogP contribution is 2.37. The maximum atomic E-state index is 13.7. The summed E-state index contributed by atoms with van der Waals surface area (Å²) in [5.41, 5.74) is 2.72. The average Bonchev–Trinajstić information content (AvgIpc) is 3.70. The first kappa shape index (κ1) is 23.8. The number of fused-ring (bicyclic) bond motifs is 1. The van der Waals surface area contributed by atoms with E-state index in [0.29, 0.717) is 17.0 Å². The standard InChI is InChI=1S/C24H25N3O6S/c1-2-3-14-33-19-10-12-20(13-11-19)34(31,32)27-15-18-6-4-5-7-21(18)26(24(29)17-8-9-17)16-22(27)23(28)25-30/h4-7,10-13,17,22,30H,8-9,14-16H2,1H3,(H,25,28). The maximum Gasteiger partial charge on any atom is 0.263 e. The fraction of sp³-hybridized carbons (Fsp3) is 0.333. The molecule has 0 saturated heterocycles. The number of carbonyl (C=O) groups excluding carboxylic acids is 2. The van der Waals surface area contributed by atoms with Crippen molar-refractivity contribution >= 4 is 27.5 Å². The zero-order chi connectivity index (χ0) is 24.3. The van der Waals surface area contributed by atoms with Gasteiger partial charge in [0.15, 0.2) is 0 Å². The van der Waals surface area contributed by atoms with Gasteiger partial charge in [-0.15, -0.1) is 5.92 Å². The molecule has 1 aliphatic carbocycles. The third kappa shape index (κ3) is 4.77. The molecule has 1 aliphatic heterocycles. The number of rotatable bonds is 6. The molecule has 178 valence electrons. The third-order valence-electron chi connectivity index (χ3n) is 5.84. The lowest BCUT2D eigenvalue weighted by molar-refractivity contribution is -0.133. The number of ether oxygens (including phenoxy) is 1. The Labute approximate surface area is 198 Å². The van der Waals surface area contributed by atoms with Crippen LogP contribution in [0.3, 0.4) is 0 Å². The first-order valence-corrected chi connectivity index (χ1v) is 12.3. The Morgan fingerprint density at radius 2 is 1.85 bits per heavy atom. The molecule has 2 aliphatic rings. The van der Waals surface area contributed by atoms with Crippen molar-refractivity contribution in [1.82, 2.24) is 9.79 Å². The van der Waals surface area contributed by atoms with Crippen LogP contribution in [0.25, 0.3) is 0 Å². The van der Waals surface area contributed by atoms with E-state index in [0.717, 1.165) is 17.1 Å². The quantitative estimate of drug-likeness (QED) is 0.368. The molecular weight excluding hydrogens is 458 g/mol. The van der Waals surface area contributed by atoms with Crippen LogP contribution in [0.5, 0.6) is 5.75 Å². The van der Waals surface area contributed by atoms with Gasteiger partial charge in [0, 0.05) is 18.2 Å². The molecule has 0 aromatic heterocycles. The molecule has 1 unspecified atom stereocenters. The summed E-state index contributed by atoms with van der Waals surface area (Å²) >= 11 is 0. The van der Waals surface area contributed by atoms with Crippen molar-refractivity contribution in [1.29, 1.82) is 0 Å². The lowest BCUT2D eigenvalue weighted by Crippen LogP contribution is -2.53. The van der Waals surface area contributed by atoms with Crippen LogP contribution in [0.4, 0.5) is 5.69 Å². The van der Waals surface area contributed by atoms with Crippen molar-refractivity contribution in [2.75, 3.05) is 18.1 Å². The molecule has 2 aromatic rings. The van der Waals surface area contributed by atoms with Gasteiger partial charge in [-0.2, -0.15) is 4.31 Å². The lowest BCUT2D eigenvalue weighted by atomic mass is 10.1. The van der Waals surface area contributed by atoms with Crippen molar-refractivity contribution in [2.24, 2.45) is 5.92 Å². The number of para-hydroxylation sites is 1. The Hall–Kier alpha value is -3.39. The van der Waals surface area contributed by atoms with Gasteiger partial charge >= 0.3 is 0 Å². The van der Waals surface area contributed by atoms with Gasteiger partial charge in [0.1, 0.15) is 18.4 Å². The zero-order valence-corrected chi connectivity index (χ0v) is 19.4. The van der Waals surface area contributed by atoms with E-state index in [1.807, 2.05) is 0 Å². The Morgan fingerprint density at radius 3 is 2.50 bits per heavy atom. The number of sulfonamides is 1. The molecule has 9 nitrogen and oxygen atoms in total. The highest BCUT2D eigenvalue weighted by atomic mass is 32.2. The predicted molar refractivity (Wildman–Crippen MR) is 123 cm³/mol. The van der Waals surface area contributed by atoms with Gasteiger partial charge in [0.05, 0.1) is 11.4 Å². The fourth-order valence-electron chi connectivity index (χ4n) is 3.88. The molecule has 2 amide bonds. The normalized spacial score (nSPS) is 18.2. The van der Waals surface area contributed by atoms with Crippen LogP contribution in [0.1, 0.15) is 25.3 Å². The third-order valence-corrected chi connectivity index (χ3v) is 7.70. The minimum absolute atomic E-state index is 0.0448. The number of nitrogens with zero attached hydrogens (tertiary/aromatic N) is 2. The molecule has 0 spiro atoms. The van der Waals surface area contributed by atoms with Gasteiger partial charge in [-0.1, -0.05) is 24.1 Å². The Kier molecular flexibility index (Phi) is 6.88. The van der Waals surface area contributed by atoms with E-state index in [9.17, 15) is 23.2 Å². The molecule has 1 heterocycles. The van der Waals surface area contributed by atoms with Gasteiger partial charge in [0.2, 0.25) is 15.9 Å². The molecule has 34 heavy (non-hydrogen) atoms. The molecule has 10 heteroatoms. The van der Waals surface area contributed by atoms with Gasteiger partial charge < -0.3 is 9.64 Å². The maximum absolute atomic E-state index is 13.7. The van der Waals surface area contributed by atoms with Crippen LogP contribution in [0.15, 0.2) is 53.4 Å². The fourth-order valence-corrected chi connectivity index (χ4v) is 5.44. The highest BCUT2D eigenvalue weighted by Gasteiger charge is 2.43. The van der Waals surface area contributed by atoms with Gasteiger partial charge in [-0.25, -0.2) is 13.9 Å². The van der Waals surface area contributed by atoms with Gasteiger partial charge in [-0.3, -0.25) is 14.8 Å². The van der Waals surface area contributed by atoms with Crippen molar-refractivity contribution in [3.63, 3.8) is 0 Å². The van der Waals surface area contributed by atoms with Crippen LogP contribution >= 0.6 is 0 Å². The van der Waals surface area contributed by atoms with E-state index in [1.165, 1.54) is 29.2 Å².